The molecule has 1 saturated carbocycles. The number of anilines is 2. The number of nitrogens with two attached hydrogens (primary N) is 1. The molecule has 13 heavy (non-hydrogen) atoms. The average molecular weight is 197 g/mol. The van der Waals surface area contributed by atoms with Gasteiger partial charge in [-0.25, -0.2) is 4.98 Å². The van der Waals surface area contributed by atoms with Gasteiger partial charge in [0.25, 0.3) is 0 Å². The number of hydrogen-bond donors (Lipinski definition) is 2. The maximum atomic E-state index is 5.58. The van der Waals surface area contributed by atoms with Gasteiger partial charge in [0.2, 0.25) is 0 Å². The smallest absolute Gasteiger partial charge is 0.184 e. The number of hydrogen-bond acceptors (Lipinski definition) is 4. The summed E-state index contributed by atoms with van der Waals surface area (Å²) in [5.41, 5.74) is 5.58. The van der Waals surface area contributed by atoms with Crippen LogP contribution in [0.2, 0.25) is 0 Å². The van der Waals surface area contributed by atoms with E-state index in [0.717, 1.165) is 22.6 Å². The van der Waals surface area contributed by atoms with Crippen LogP contribution >= 0.6 is 11.3 Å². The Morgan fingerprint density at radius 2 is 2.31 bits per heavy atom. The SMILES string of the molecule is Nc1cnc(NCC2CCCC2)s1. The Balaban J connectivity index is 1.78. The lowest BCUT2D eigenvalue weighted by molar-refractivity contribution is 0.579. The number of rotatable bonds is 3. The molecule has 1 heterocycles. The predicted molar refractivity (Wildman–Crippen MR) is 57.0 cm³/mol. The van der Waals surface area contributed by atoms with Crippen molar-refractivity contribution in [2.45, 2.75) is 25.7 Å². The molecule has 0 aliphatic heterocycles. The Hall–Kier alpha value is -0.770. The molecule has 0 spiro atoms. The number of thiazole rings is 1. The second-order valence-corrected chi connectivity index (χ2v) is 4.66. The number of nitrogen functional groups attached to an aromatic ring is 1. The van der Waals surface area contributed by atoms with Crippen molar-refractivity contribution in [2.75, 3.05) is 17.6 Å². The molecule has 0 amide bonds. The van der Waals surface area contributed by atoms with Crippen LogP contribution in [-0.4, -0.2) is 11.5 Å². The molecule has 0 unspecified atom stereocenters. The van der Waals surface area contributed by atoms with E-state index in [4.69, 9.17) is 5.73 Å². The summed E-state index contributed by atoms with van der Waals surface area (Å²) >= 11 is 1.53. The summed E-state index contributed by atoms with van der Waals surface area (Å²) in [6.45, 7) is 1.06. The lowest BCUT2D eigenvalue weighted by Crippen LogP contribution is -2.10. The van der Waals surface area contributed by atoms with E-state index in [1.54, 1.807) is 6.20 Å². The van der Waals surface area contributed by atoms with E-state index in [-0.39, 0.29) is 0 Å². The highest BCUT2D eigenvalue weighted by molar-refractivity contribution is 7.19. The number of nitrogens with zero attached hydrogens (tertiary/aromatic N) is 1. The van der Waals surface area contributed by atoms with Crippen molar-refractivity contribution < 1.29 is 0 Å². The largest absolute Gasteiger partial charge is 0.389 e. The minimum Gasteiger partial charge on any atom is -0.389 e. The van der Waals surface area contributed by atoms with Crippen molar-refractivity contribution in [3.05, 3.63) is 6.20 Å². The molecular weight excluding hydrogens is 182 g/mol. The Labute approximate surface area is 82.4 Å². The summed E-state index contributed by atoms with van der Waals surface area (Å²) in [7, 11) is 0. The van der Waals surface area contributed by atoms with Gasteiger partial charge in [0.1, 0.15) is 5.00 Å². The normalized spacial score (nSPS) is 17.8. The molecule has 1 aliphatic rings. The lowest BCUT2D eigenvalue weighted by atomic mass is 10.1. The van der Waals surface area contributed by atoms with Gasteiger partial charge in [-0.2, -0.15) is 0 Å². The first kappa shape index (κ1) is 8.81. The first-order valence-electron chi connectivity index (χ1n) is 4.80. The molecule has 2 rings (SSSR count). The van der Waals surface area contributed by atoms with Crippen LogP contribution in [0.15, 0.2) is 6.20 Å². The summed E-state index contributed by atoms with van der Waals surface area (Å²) in [6.07, 6.45) is 7.24. The first-order valence-corrected chi connectivity index (χ1v) is 5.61. The first-order chi connectivity index (χ1) is 6.34. The van der Waals surface area contributed by atoms with Crippen molar-refractivity contribution >= 4 is 21.5 Å². The van der Waals surface area contributed by atoms with E-state index >= 15 is 0 Å². The Morgan fingerprint density at radius 3 is 2.92 bits per heavy atom. The minimum atomic E-state index is 0.786. The maximum absolute atomic E-state index is 5.58. The fourth-order valence-electron chi connectivity index (χ4n) is 1.81. The van der Waals surface area contributed by atoms with E-state index in [1.807, 2.05) is 0 Å². The highest BCUT2D eigenvalue weighted by Crippen LogP contribution is 2.26. The van der Waals surface area contributed by atoms with Gasteiger partial charge in [-0.05, 0) is 18.8 Å². The van der Waals surface area contributed by atoms with Crippen molar-refractivity contribution in [1.82, 2.24) is 4.98 Å². The highest BCUT2D eigenvalue weighted by Gasteiger charge is 2.14. The summed E-state index contributed by atoms with van der Waals surface area (Å²) in [4.78, 5) is 4.16. The second kappa shape index (κ2) is 3.96. The van der Waals surface area contributed by atoms with Crippen molar-refractivity contribution in [1.29, 1.82) is 0 Å². The van der Waals surface area contributed by atoms with Gasteiger partial charge in [0.05, 0.1) is 6.20 Å². The summed E-state index contributed by atoms with van der Waals surface area (Å²) in [5.74, 6) is 0.852. The van der Waals surface area contributed by atoms with E-state index in [1.165, 1.54) is 37.0 Å². The summed E-state index contributed by atoms with van der Waals surface area (Å²) in [5, 5.41) is 5.08. The van der Waals surface area contributed by atoms with Crippen LogP contribution in [0.5, 0.6) is 0 Å². The van der Waals surface area contributed by atoms with Gasteiger partial charge in [-0.1, -0.05) is 24.2 Å². The molecule has 1 aromatic heterocycles. The molecule has 1 aliphatic carbocycles. The minimum absolute atomic E-state index is 0.786. The van der Waals surface area contributed by atoms with Gasteiger partial charge < -0.3 is 11.1 Å². The fraction of sp³-hybridized carbons (Fsp3) is 0.667. The van der Waals surface area contributed by atoms with Crippen LogP contribution in [0.25, 0.3) is 0 Å². The molecule has 1 aromatic rings. The molecule has 4 heteroatoms. The van der Waals surface area contributed by atoms with Crippen LogP contribution in [0.1, 0.15) is 25.7 Å². The van der Waals surface area contributed by atoms with Crippen LogP contribution in [0.3, 0.4) is 0 Å². The lowest BCUT2D eigenvalue weighted by Gasteiger charge is -2.08. The third-order valence-corrected chi connectivity index (χ3v) is 3.32. The topological polar surface area (TPSA) is 50.9 Å². The molecule has 3 N–H and O–H groups in total. The van der Waals surface area contributed by atoms with Crippen LogP contribution in [-0.2, 0) is 0 Å². The molecule has 0 aromatic carbocycles. The Bertz CT molecular complexity index is 266. The Morgan fingerprint density at radius 1 is 1.54 bits per heavy atom. The standard InChI is InChI=1S/C9H15N3S/c10-8-6-12-9(13-8)11-5-7-3-1-2-4-7/h6-7H,1-5,10H2,(H,11,12). The molecule has 0 bridgehead atoms. The van der Waals surface area contributed by atoms with Gasteiger partial charge >= 0.3 is 0 Å². The maximum Gasteiger partial charge on any atom is 0.184 e. The fourth-order valence-corrected chi connectivity index (χ4v) is 2.40. The second-order valence-electron chi connectivity index (χ2n) is 3.60. The highest BCUT2D eigenvalue weighted by atomic mass is 32.1. The molecule has 0 radical (unpaired) electrons. The zero-order valence-electron chi connectivity index (χ0n) is 7.62. The van der Waals surface area contributed by atoms with E-state index < -0.39 is 0 Å². The Kier molecular flexibility index (Phi) is 2.68. The van der Waals surface area contributed by atoms with E-state index in [2.05, 4.69) is 10.3 Å². The zero-order chi connectivity index (χ0) is 9.10. The quantitative estimate of drug-likeness (QED) is 0.782. The van der Waals surface area contributed by atoms with Crippen molar-refractivity contribution in [3.63, 3.8) is 0 Å². The van der Waals surface area contributed by atoms with Gasteiger partial charge in [-0.3, -0.25) is 0 Å². The summed E-state index contributed by atoms with van der Waals surface area (Å²) < 4.78 is 0. The van der Waals surface area contributed by atoms with Gasteiger partial charge in [-0.15, -0.1) is 0 Å². The van der Waals surface area contributed by atoms with E-state index in [9.17, 15) is 0 Å². The third-order valence-electron chi connectivity index (χ3n) is 2.54. The monoisotopic (exact) mass is 197 g/mol. The number of aromatic nitrogens is 1. The molecular formula is C9H15N3S. The molecule has 3 nitrogen and oxygen atoms in total. The van der Waals surface area contributed by atoms with Crippen LogP contribution < -0.4 is 11.1 Å². The molecule has 0 saturated heterocycles. The van der Waals surface area contributed by atoms with Crippen molar-refractivity contribution in [2.24, 2.45) is 5.92 Å². The molecule has 0 atom stereocenters. The molecule has 72 valence electrons. The van der Waals surface area contributed by atoms with Crippen LogP contribution in [0, 0.1) is 5.92 Å². The summed E-state index contributed by atoms with van der Waals surface area (Å²) in [6, 6.07) is 0. The van der Waals surface area contributed by atoms with Crippen LogP contribution in [0.4, 0.5) is 10.1 Å². The number of nitrogens with one attached hydrogen (secondary N) is 1. The average Bonchev–Trinajstić information content (AvgIpc) is 2.71. The third kappa shape index (κ3) is 2.34. The van der Waals surface area contributed by atoms with E-state index in [0.29, 0.717) is 0 Å². The van der Waals surface area contributed by atoms with Crippen molar-refractivity contribution in [3.8, 4) is 0 Å². The van der Waals surface area contributed by atoms with Gasteiger partial charge in [0.15, 0.2) is 5.13 Å². The zero-order valence-corrected chi connectivity index (χ0v) is 8.44. The molecule has 1 fully saturated rings. The predicted octanol–water partition coefficient (Wildman–Crippen LogP) is 2.33. The van der Waals surface area contributed by atoms with Gasteiger partial charge in [0, 0.05) is 6.54 Å².